The molecule has 4 rings (SSSR count). The smallest absolute Gasteiger partial charge is 0.349 e. The molecule has 0 amide bonds. The number of ether oxygens (including phenoxy) is 1. The van der Waals surface area contributed by atoms with Crippen LogP contribution in [0.2, 0.25) is 5.02 Å². The number of halogens is 1. The quantitative estimate of drug-likeness (QED) is 0.397. The van der Waals surface area contributed by atoms with E-state index in [1.807, 2.05) is 18.2 Å². The number of hydrogen-bond donors (Lipinski definition) is 1. The van der Waals surface area contributed by atoms with Crippen LogP contribution in [0.5, 0.6) is 0 Å². The molecular weight excluding hydrogens is 450 g/mol. The Kier molecular flexibility index (Phi) is 6.36. The molecule has 0 radical (unpaired) electrons. The Hall–Kier alpha value is -2.35. The van der Waals surface area contributed by atoms with Crippen molar-refractivity contribution >= 4 is 67.7 Å². The molecule has 8 heteroatoms. The van der Waals surface area contributed by atoms with Gasteiger partial charge in [0.1, 0.15) is 4.88 Å². The van der Waals surface area contributed by atoms with Crippen molar-refractivity contribution in [3.8, 4) is 0 Å². The van der Waals surface area contributed by atoms with Crippen molar-refractivity contribution in [3.05, 3.63) is 57.9 Å². The molecule has 1 saturated heterocycles. The molecule has 162 valence electrons. The van der Waals surface area contributed by atoms with Gasteiger partial charge in [0.15, 0.2) is 5.11 Å². The SMILES string of the molecule is COC(=O)c1sc2cc(NC(=S)N3CCN(c4ccc(C)cc4)C(C)C3)ccc2c1Cl. The molecule has 1 N–H and O–H groups in total. The Morgan fingerprint density at radius 1 is 1.23 bits per heavy atom. The molecule has 2 heterocycles. The van der Waals surface area contributed by atoms with Gasteiger partial charge in [-0.3, -0.25) is 0 Å². The number of nitrogens with zero attached hydrogens (tertiary/aromatic N) is 2. The summed E-state index contributed by atoms with van der Waals surface area (Å²) in [6, 6.07) is 14.8. The van der Waals surface area contributed by atoms with Crippen LogP contribution in [0.3, 0.4) is 0 Å². The first kappa shape index (κ1) is 21.9. The number of esters is 1. The van der Waals surface area contributed by atoms with E-state index in [2.05, 4.69) is 53.2 Å². The zero-order valence-corrected chi connectivity index (χ0v) is 20.0. The summed E-state index contributed by atoms with van der Waals surface area (Å²) >= 11 is 13.4. The summed E-state index contributed by atoms with van der Waals surface area (Å²) in [6.45, 7) is 6.94. The first-order valence-electron chi connectivity index (χ1n) is 10.1. The van der Waals surface area contributed by atoms with Crippen LogP contribution in [-0.2, 0) is 4.74 Å². The van der Waals surface area contributed by atoms with Crippen molar-refractivity contribution < 1.29 is 9.53 Å². The Bertz CT molecular complexity index is 1130. The Morgan fingerprint density at radius 2 is 1.97 bits per heavy atom. The van der Waals surface area contributed by atoms with Gasteiger partial charge in [-0.15, -0.1) is 11.3 Å². The van der Waals surface area contributed by atoms with Crippen molar-refractivity contribution in [2.75, 3.05) is 37.0 Å². The molecule has 0 bridgehead atoms. The summed E-state index contributed by atoms with van der Waals surface area (Å²) in [5, 5.41) is 5.31. The summed E-state index contributed by atoms with van der Waals surface area (Å²) in [6.07, 6.45) is 0. The van der Waals surface area contributed by atoms with E-state index in [0.717, 1.165) is 35.4 Å². The van der Waals surface area contributed by atoms with Gasteiger partial charge in [0.25, 0.3) is 0 Å². The molecule has 1 fully saturated rings. The Labute approximate surface area is 196 Å². The van der Waals surface area contributed by atoms with Gasteiger partial charge < -0.3 is 19.9 Å². The number of aryl methyl sites for hydroxylation is 1. The molecule has 5 nitrogen and oxygen atoms in total. The molecule has 1 aliphatic heterocycles. The number of benzene rings is 2. The van der Waals surface area contributed by atoms with Gasteiger partial charge >= 0.3 is 5.97 Å². The van der Waals surface area contributed by atoms with Crippen LogP contribution in [0.25, 0.3) is 10.1 Å². The number of methoxy groups -OCH3 is 1. The maximum absolute atomic E-state index is 11.9. The molecule has 3 aromatic rings. The third-order valence-corrected chi connectivity index (χ3v) is 7.53. The van der Waals surface area contributed by atoms with E-state index in [0.29, 0.717) is 21.1 Å². The highest BCUT2D eigenvalue weighted by Gasteiger charge is 2.25. The lowest BCUT2D eigenvalue weighted by atomic mass is 10.1. The highest BCUT2D eigenvalue weighted by Crippen LogP contribution is 2.37. The Balaban J connectivity index is 1.44. The molecule has 1 atom stereocenters. The number of thiophene rings is 1. The topological polar surface area (TPSA) is 44.8 Å². The fourth-order valence-electron chi connectivity index (χ4n) is 3.83. The molecule has 1 aromatic heterocycles. The zero-order valence-electron chi connectivity index (χ0n) is 17.6. The number of carbonyl (C=O) groups excluding carboxylic acids is 1. The number of piperazine rings is 1. The van der Waals surface area contributed by atoms with Gasteiger partial charge in [-0.05, 0) is 56.4 Å². The lowest BCUT2D eigenvalue weighted by Crippen LogP contribution is -2.54. The highest BCUT2D eigenvalue weighted by molar-refractivity contribution is 7.80. The number of rotatable bonds is 3. The van der Waals surface area contributed by atoms with E-state index in [4.69, 9.17) is 28.6 Å². The summed E-state index contributed by atoms with van der Waals surface area (Å²) in [5.41, 5.74) is 3.39. The van der Waals surface area contributed by atoms with E-state index in [9.17, 15) is 4.79 Å². The Morgan fingerprint density at radius 3 is 2.65 bits per heavy atom. The van der Waals surface area contributed by atoms with Crippen LogP contribution < -0.4 is 10.2 Å². The van der Waals surface area contributed by atoms with Crippen molar-refractivity contribution in [3.63, 3.8) is 0 Å². The fourth-order valence-corrected chi connectivity index (χ4v) is 5.58. The lowest BCUT2D eigenvalue weighted by Gasteiger charge is -2.42. The largest absolute Gasteiger partial charge is 0.465 e. The molecule has 1 aliphatic rings. The second kappa shape index (κ2) is 9.02. The molecule has 0 aliphatic carbocycles. The third kappa shape index (κ3) is 4.49. The van der Waals surface area contributed by atoms with Gasteiger partial charge in [0, 0.05) is 47.1 Å². The average Bonchev–Trinajstić information content (AvgIpc) is 3.09. The summed E-state index contributed by atoms with van der Waals surface area (Å²) in [7, 11) is 1.36. The molecule has 1 unspecified atom stereocenters. The van der Waals surface area contributed by atoms with Crippen LogP contribution >= 0.6 is 35.2 Å². The minimum Gasteiger partial charge on any atom is -0.465 e. The highest BCUT2D eigenvalue weighted by atomic mass is 35.5. The number of nitrogens with one attached hydrogen (secondary N) is 1. The first-order valence-corrected chi connectivity index (χ1v) is 11.7. The van der Waals surface area contributed by atoms with E-state index in [-0.39, 0.29) is 0 Å². The fraction of sp³-hybridized carbons (Fsp3) is 0.304. The number of thiocarbonyl (C=S) groups is 1. The second-order valence-electron chi connectivity index (χ2n) is 7.70. The molecular formula is C23H24ClN3O2S2. The van der Waals surface area contributed by atoms with Crippen LogP contribution in [-0.4, -0.2) is 48.8 Å². The predicted octanol–water partition coefficient (Wildman–Crippen LogP) is 5.56. The summed E-state index contributed by atoms with van der Waals surface area (Å²) in [5.74, 6) is -0.420. The van der Waals surface area contributed by atoms with Gasteiger partial charge in [0.05, 0.1) is 12.1 Å². The van der Waals surface area contributed by atoms with Crippen molar-refractivity contribution in [1.29, 1.82) is 0 Å². The van der Waals surface area contributed by atoms with Crippen molar-refractivity contribution in [2.24, 2.45) is 0 Å². The van der Waals surface area contributed by atoms with Gasteiger partial charge in [-0.2, -0.15) is 0 Å². The molecule has 31 heavy (non-hydrogen) atoms. The lowest BCUT2D eigenvalue weighted by molar-refractivity contribution is 0.0606. The first-order chi connectivity index (χ1) is 14.9. The van der Waals surface area contributed by atoms with Gasteiger partial charge in [0.2, 0.25) is 0 Å². The van der Waals surface area contributed by atoms with E-state index in [1.54, 1.807) is 0 Å². The van der Waals surface area contributed by atoms with Gasteiger partial charge in [-0.1, -0.05) is 29.3 Å². The molecule has 0 saturated carbocycles. The average molecular weight is 474 g/mol. The van der Waals surface area contributed by atoms with Gasteiger partial charge in [-0.25, -0.2) is 4.79 Å². The molecule has 2 aromatic carbocycles. The van der Waals surface area contributed by atoms with E-state index < -0.39 is 5.97 Å². The minimum atomic E-state index is -0.420. The summed E-state index contributed by atoms with van der Waals surface area (Å²) in [4.78, 5) is 17.0. The maximum Gasteiger partial charge on any atom is 0.349 e. The van der Waals surface area contributed by atoms with Crippen molar-refractivity contribution in [2.45, 2.75) is 19.9 Å². The molecule has 0 spiro atoms. The maximum atomic E-state index is 11.9. The zero-order chi connectivity index (χ0) is 22.1. The second-order valence-corrected chi connectivity index (χ2v) is 9.52. The number of carbonyl (C=O) groups is 1. The van der Waals surface area contributed by atoms with Crippen LogP contribution in [0, 0.1) is 6.92 Å². The standard InChI is InChI=1S/C23H24ClN3O2S2/c1-14-4-7-17(8-5-14)27-11-10-26(13-15(27)2)23(30)25-16-6-9-18-19(12-16)31-21(20(18)24)22(28)29-3/h4-9,12,15H,10-11,13H2,1-3H3,(H,25,30). The van der Waals surface area contributed by atoms with Crippen molar-refractivity contribution in [1.82, 2.24) is 4.90 Å². The number of hydrogen-bond acceptors (Lipinski definition) is 5. The monoisotopic (exact) mass is 473 g/mol. The number of fused-ring (bicyclic) bond motifs is 1. The number of anilines is 2. The van der Waals surface area contributed by atoms with Crippen LogP contribution in [0.4, 0.5) is 11.4 Å². The normalized spacial score (nSPS) is 16.5. The summed E-state index contributed by atoms with van der Waals surface area (Å²) < 4.78 is 5.73. The minimum absolute atomic E-state index is 0.345. The van der Waals surface area contributed by atoms with E-state index >= 15 is 0 Å². The third-order valence-electron chi connectivity index (χ3n) is 5.53. The van der Waals surface area contributed by atoms with Crippen LogP contribution in [0.15, 0.2) is 42.5 Å². The van der Waals surface area contributed by atoms with E-state index in [1.165, 1.54) is 29.7 Å². The van der Waals surface area contributed by atoms with Crippen LogP contribution in [0.1, 0.15) is 22.2 Å². The predicted molar refractivity (Wildman–Crippen MR) is 134 cm³/mol.